The number of hydrogen-bond donors (Lipinski definition) is 1. The van der Waals surface area contributed by atoms with E-state index in [2.05, 4.69) is 72.9 Å². The summed E-state index contributed by atoms with van der Waals surface area (Å²) in [6.07, 6.45) is 1.21. The molecule has 0 amide bonds. The number of rotatable bonds is 9. The van der Waals surface area contributed by atoms with Crippen molar-refractivity contribution in [2.24, 2.45) is 0 Å². The third kappa shape index (κ3) is 6.71. The Morgan fingerprint density at radius 3 is 1.91 bits per heavy atom. The second-order valence-corrected chi connectivity index (χ2v) is 8.50. The Balaban J connectivity index is 0.00000242. The Kier molecular flexibility index (Phi) is 10.6. The molecule has 1 nitrogen and oxygen atoms in total. The quantitative estimate of drug-likeness (QED) is 0.542. The van der Waals surface area contributed by atoms with E-state index in [1.165, 1.54) is 28.3 Å². The summed E-state index contributed by atoms with van der Waals surface area (Å²) in [5, 5.41) is 6.54. The van der Waals surface area contributed by atoms with Crippen LogP contribution in [0, 0.1) is 0 Å². The van der Waals surface area contributed by atoms with Crippen LogP contribution < -0.4 is 15.9 Å². The van der Waals surface area contributed by atoms with E-state index in [1.54, 1.807) is 0 Å². The fourth-order valence-corrected chi connectivity index (χ4v) is 5.07. The van der Waals surface area contributed by atoms with Crippen molar-refractivity contribution in [2.45, 2.75) is 6.92 Å². The lowest BCUT2D eigenvalue weighted by Crippen LogP contribution is -2.24. The summed E-state index contributed by atoms with van der Waals surface area (Å²) in [4.78, 5) is 0. The fourth-order valence-electron chi connectivity index (χ4n) is 2.23. The largest absolute Gasteiger partial charge is 0.316 e. The van der Waals surface area contributed by atoms with Gasteiger partial charge in [-0.3, -0.25) is 0 Å². The number of hydrogen-bond acceptors (Lipinski definition) is 2. The van der Waals surface area contributed by atoms with Crippen molar-refractivity contribution in [2.75, 3.05) is 30.8 Å². The maximum atomic E-state index is 3.59. The van der Waals surface area contributed by atoms with Gasteiger partial charge in [-0.05, 0) is 37.0 Å². The minimum atomic E-state index is -0.245. The van der Waals surface area contributed by atoms with Crippen molar-refractivity contribution in [1.29, 1.82) is 0 Å². The highest BCUT2D eigenvalue weighted by molar-refractivity contribution is 7.99. The zero-order chi connectivity index (χ0) is 14.8. The minimum absolute atomic E-state index is 0. The van der Waals surface area contributed by atoms with E-state index in [0.29, 0.717) is 0 Å². The molecule has 0 saturated carbocycles. The average molecular weight is 354 g/mol. The molecule has 0 aliphatic carbocycles. The van der Waals surface area contributed by atoms with Crippen molar-refractivity contribution in [3.63, 3.8) is 0 Å². The van der Waals surface area contributed by atoms with Gasteiger partial charge in [0.1, 0.15) is 0 Å². The standard InChI is InChI=1S/C18H24NPS.ClH/c1-2-21-16-14-19-13-15-20(17-9-5-3-6-10-17)18-11-7-4-8-12-18;/h3-12,19H,2,13-16H2,1H3;1H. The highest BCUT2D eigenvalue weighted by atomic mass is 35.5. The molecule has 0 unspecified atom stereocenters. The van der Waals surface area contributed by atoms with E-state index in [4.69, 9.17) is 0 Å². The molecule has 0 spiro atoms. The molecule has 0 saturated heterocycles. The molecule has 22 heavy (non-hydrogen) atoms. The normalized spacial score (nSPS) is 10.5. The Labute approximate surface area is 146 Å². The van der Waals surface area contributed by atoms with Gasteiger partial charge >= 0.3 is 0 Å². The first kappa shape index (κ1) is 19.5. The third-order valence-electron chi connectivity index (χ3n) is 3.28. The predicted octanol–water partition coefficient (Wildman–Crippen LogP) is 3.88. The lowest BCUT2D eigenvalue weighted by molar-refractivity contribution is 0.773. The van der Waals surface area contributed by atoms with Gasteiger partial charge < -0.3 is 5.32 Å². The molecule has 0 aromatic heterocycles. The maximum absolute atomic E-state index is 3.59. The number of nitrogens with one attached hydrogen (secondary N) is 1. The first-order valence-corrected chi connectivity index (χ1v) is 10.3. The van der Waals surface area contributed by atoms with E-state index in [1.807, 2.05) is 11.8 Å². The topological polar surface area (TPSA) is 12.0 Å². The summed E-state index contributed by atoms with van der Waals surface area (Å²) in [5.41, 5.74) is 0. The van der Waals surface area contributed by atoms with Crippen LogP contribution in [0.1, 0.15) is 6.92 Å². The highest BCUT2D eigenvalue weighted by Crippen LogP contribution is 2.32. The molecule has 4 heteroatoms. The van der Waals surface area contributed by atoms with Crippen LogP contribution in [-0.2, 0) is 0 Å². The molecule has 0 heterocycles. The fraction of sp³-hybridized carbons (Fsp3) is 0.333. The van der Waals surface area contributed by atoms with Crippen LogP contribution in [0.5, 0.6) is 0 Å². The molecule has 2 aromatic rings. The van der Waals surface area contributed by atoms with Crippen molar-refractivity contribution in [3.8, 4) is 0 Å². The highest BCUT2D eigenvalue weighted by Gasteiger charge is 2.12. The van der Waals surface area contributed by atoms with Gasteiger partial charge in [0, 0.05) is 12.3 Å². The van der Waals surface area contributed by atoms with Gasteiger partial charge in [-0.25, -0.2) is 0 Å². The third-order valence-corrected chi connectivity index (χ3v) is 6.69. The van der Waals surface area contributed by atoms with Crippen LogP contribution >= 0.6 is 32.1 Å². The predicted molar refractivity (Wildman–Crippen MR) is 107 cm³/mol. The monoisotopic (exact) mass is 353 g/mol. The van der Waals surface area contributed by atoms with E-state index in [9.17, 15) is 0 Å². The average Bonchev–Trinajstić information content (AvgIpc) is 2.56. The first-order valence-electron chi connectivity index (χ1n) is 7.58. The van der Waals surface area contributed by atoms with Crippen LogP contribution in [0.15, 0.2) is 60.7 Å². The number of benzene rings is 2. The van der Waals surface area contributed by atoms with Crippen molar-refractivity contribution < 1.29 is 0 Å². The molecular formula is C18H25ClNPS. The molecule has 0 aliphatic rings. The molecule has 0 atom stereocenters. The second-order valence-electron chi connectivity index (χ2n) is 4.77. The molecule has 2 aromatic carbocycles. The number of halogens is 1. The van der Waals surface area contributed by atoms with Gasteiger partial charge in [-0.1, -0.05) is 67.6 Å². The van der Waals surface area contributed by atoms with E-state index < -0.39 is 0 Å². The smallest absolute Gasteiger partial charge is 0.00580 e. The van der Waals surface area contributed by atoms with Gasteiger partial charge in [0.05, 0.1) is 0 Å². The summed E-state index contributed by atoms with van der Waals surface area (Å²) < 4.78 is 0. The summed E-state index contributed by atoms with van der Waals surface area (Å²) in [6.45, 7) is 4.43. The maximum Gasteiger partial charge on any atom is 0.00580 e. The minimum Gasteiger partial charge on any atom is -0.316 e. The van der Waals surface area contributed by atoms with Gasteiger partial charge in [0.2, 0.25) is 0 Å². The Morgan fingerprint density at radius 2 is 1.41 bits per heavy atom. The van der Waals surface area contributed by atoms with Crippen molar-refractivity contribution in [3.05, 3.63) is 60.7 Å². The van der Waals surface area contributed by atoms with Crippen LogP contribution in [0.4, 0.5) is 0 Å². The van der Waals surface area contributed by atoms with Gasteiger partial charge in [-0.2, -0.15) is 11.8 Å². The second kappa shape index (κ2) is 12.0. The number of thioether (sulfide) groups is 1. The van der Waals surface area contributed by atoms with Gasteiger partial charge in [0.25, 0.3) is 0 Å². The summed E-state index contributed by atoms with van der Waals surface area (Å²) in [6, 6.07) is 21.9. The lowest BCUT2D eigenvalue weighted by atomic mass is 10.4. The molecule has 0 radical (unpaired) electrons. The van der Waals surface area contributed by atoms with E-state index in [0.717, 1.165) is 13.1 Å². The van der Waals surface area contributed by atoms with Gasteiger partial charge in [0.15, 0.2) is 0 Å². The SMILES string of the molecule is CCSCCNCCP(c1ccccc1)c1ccccc1.Cl. The van der Waals surface area contributed by atoms with Crippen molar-refractivity contribution in [1.82, 2.24) is 5.32 Å². The van der Waals surface area contributed by atoms with Crippen LogP contribution in [0.3, 0.4) is 0 Å². The van der Waals surface area contributed by atoms with Crippen LogP contribution in [0.25, 0.3) is 0 Å². The zero-order valence-electron chi connectivity index (χ0n) is 13.1. The molecule has 120 valence electrons. The summed E-state index contributed by atoms with van der Waals surface area (Å²) >= 11 is 2.00. The van der Waals surface area contributed by atoms with E-state index >= 15 is 0 Å². The molecule has 2 rings (SSSR count). The van der Waals surface area contributed by atoms with Crippen molar-refractivity contribution >= 4 is 42.7 Å². The molecule has 0 bridgehead atoms. The zero-order valence-corrected chi connectivity index (χ0v) is 15.6. The first-order chi connectivity index (χ1) is 10.4. The Hall–Kier alpha value is -0.530. The molecule has 1 N–H and O–H groups in total. The Morgan fingerprint density at radius 1 is 0.864 bits per heavy atom. The molecule has 0 aliphatic heterocycles. The molecule has 0 fully saturated rings. The molecular weight excluding hydrogens is 329 g/mol. The summed E-state index contributed by atoms with van der Waals surface area (Å²) in [7, 11) is -0.245. The Bertz CT molecular complexity index is 455. The van der Waals surface area contributed by atoms with E-state index in [-0.39, 0.29) is 20.3 Å². The van der Waals surface area contributed by atoms with Gasteiger partial charge in [-0.15, -0.1) is 12.4 Å². The summed E-state index contributed by atoms with van der Waals surface area (Å²) in [5.74, 6) is 2.42. The van der Waals surface area contributed by atoms with Crippen LogP contribution in [0.2, 0.25) is 0 Å². The lowest BCUT2D eigenvalue weighted by Gasteiger charge is -2.19. The van der Waals surface area contributed by atoms with Crippen LogP contribution in [-0.4, -0.2) is 30.8 Å².